The molecule has 96 valence electrons. The largest absolute Gasteiger partial charge is 0.340 e. The number of H-pyrrole nitrogens is 1. The minimum atomic E-state index is 0.274. The van der Waals surface area contributed by atoms with E-state index >= 15 is 0 Å². The SMILES string of the molecule is Clc1cc2[nH]c(Cc3ccc(Br)cc3)nc2nc1Cl. The van der Waals surface area contributed by atoms with Crippen LogP contribution in [0.15, 0.2) is 34.8 Å². The Morgan fingerprint density at radius 3 is 2.58 bits per heavy atom. The van der Waals surface area contributed by atoms with Gasteiger partial charge >= 0.3 is 0 Å². The molecule has 3 rings (SSSR count). The standard InChI is InChI=1S/C13H8BrCl2N3/c14-8-3-1-7(2-4-8)5-11-17-10-6-9(15)12(16)19-13(10)18-11/h1-4,6H,5H2,(H,17,18,19). The van der Waals surface area contributed by atoms with Gasteiger partial charge in [-0.1, -0.05) is 51.3 Å². The average molecular weight is 357 g/mol. The summed E-state index contributed by atoms with van der Waals surface area (Å²) >= 11 is 15.2. The van der Waals surface area contributed by atoms with Crippen LogP contribution < -0.4 is 0 Å². The smallest absolute Gasteiger partial charge is 0.179 e. The fourth-order valence-electron chi connectivity index (χ4n) is 1.83. The summed E-state index contributed by atoms with van der Waals surface area (Å²) in [4.78, 5) is 11.7. The molecule has 0 saturated heterocycles. The van der Waals surface area contributed by atoms with Crippen LogP contribution in [0.5, 0.6) is 0 Å². The van der Waals surface area contributed by atoms with Gasteiger partial charge in [0.2, 0.25) is 0 Å². The average Bonchev–Trinajstić information content (AvgIpc) is 2.74. The first-order chi connectivity index (χ1) is 9.11. The van der Waals surface area contributed by atoms with E-state index in [0.29, 0.717) is 17.1 Å². The van der Waals surface area contributed by atoms with Gasteiger partial charge in [-0.3, -0.25) is 0 Å². The Kier molecular flexibility index (Phi) is 3.48. The molecule has 1 N–H and O–H groups in total. The second kappa shape index (κ2) is 5.12. The maximum atomic E-state index is 5.93. The first kappa shape index (κ1) is 12.9. The molecule has 19 heavy (non-hydrogen) atoms. The van der Waals surface area contributed by atoms with Gasteiger partial charge in [0.15, 0.2) is 5.65 Å². The van der Waals surface area contributed by atoms with E-state index in [2.05, 4.69) is 30.9 Å². The number of hydrogen-bond acceptors (Lipinski definition) is 2. The van der Waals surface area contributed by atoms with Crippen molar-refractivity contribution in [3.8, 4) is 0 Å². The molecule has 0 aliphatic heterocycles. The van der Waals surface area contributed by atoms with E-state index in [-0.39, 0.29) is 5.15 Å². The van der Waals surface area contributed by atoms with Crippen molar-refractivity contribution in [2.24, 2.45) is 0 Å². The summed E-state index contributed by atoms with van der Waals surface area (Å²) in [6.07, 6.45) is 0.707. The molecule has 0 aliphatic carbocycles. The Morgan fingerprint density at radius 2 is 1.84 bits per heavy atom. The number of rotatable bonds is 2. The summed E-state index contributed by atoms with van der Waals surface area (Å²) in [6, 6.07) is 9.84. The molecule has 0 unspecified atom stereocenters. The van der Waals surface area contributed by atoms with Crippen LogP contribution in [0.2, 0.25) is 10.2 Å². The lowest BCUT2D eigenvalue weighted by Gasteiger charge is -1.97. The zero-order chi connectivity index (χ0) is 13.4. The van der Waals surface area contributed by atoms with Crippen LogP contribution in [-0.4, -0.2) is 15.0 Å². The molecule has 0 radical (unpaired) electrons. The Balaban J connectivity index is 1.95. The van der Waals surface area contributed by atoms with Crippen molar-refractivity contribution < 1.29 is 0 Å². The van der Waals surface area contributed by atoms with Crippen LogP contribution in [0.25, 0.3) is 11.2 Å². The van der Waals surface area contributed by atoms with Gasteiger partial charge < -0.3 is 4.98 Å². The number of hydrogen-bond donors (Lipinski definition) is 1. The molecule has 3 aromatic rings. The van der Waals surface area contributed by atoms with Gasteiger partial charge in [0.25, 0.3) is 0 Å². The van der Waals surface area contributed by atoms with E-state index in [1.54, 1.807) is 6.07 Å². The van der Waals surface area contributed by atoms with Crippen LogP contribution in [0.4, 0.5) is 0 Å². The summed E-state index contributed by atoms with van der Waals surface area (Å²) in [5.41, 5.74) is 2.54. The van der Waals surface area contributed by atoms with E-state index in [1.807, 2.05) is 24.3 Å². The maximum absolute atomic E-state index is 5.93. The fraction of sp³-hybridized carbons (Fsp3) is 0.0769. The maximum Gasteiger partial charge on any atom is 0.179 e. The summed E-state index contributed by atoms with van der Waals surface area (Å²) in [6.45, 7) is 0. The minimum Gasteiger partial charge on any atom is -0.340 e. The van der Waals surface area contributed by atoms with Crippen LogP contribution in [-0.2, 0) is 6.42 Å². The topological polar surface area (TPSA) is 41.6 Å². The van der Waals surface area contributed by atoms with Crippen molar-refractivity contribution in [1.29, 1.82) is 0 Å². The number of nitrogens with zero attached hydrogens (tertiary/aromatic N) is 2. The predicted octanol–water partition coefficient (Wildman–Crippen LogP) is 4.62. The molecule has 0 bridgehead atoms. The highest BCUT2D eigenvalue weighted by molar-refractivity contribution is 9.10. The van der Waals surface area contributed by atoms with Crippen molar-refractivity contribution in [3.63, 3.8) is 0 Å². The molecule has 0 fully saturated rings. The summed E-state index contributed by atoms with van der Waals surface area (Å²) in [7, 11) is 0. The molecule has 0 saturated carbocycles. The van der Waals surface area contributed by atoms with Gasteiger partial charge in [-0.15, -0.1) is 0 Å². The fourth-order valence-corrected chi connectivity index (χ4v) is 2.38. The molecule has 2 heterocycles. The molecule has 0 spiro atoms. The van der Waals surface area contributed by atoms with Crippen molar-refractivity contribution in [2.45, 2.75) is 6.42 Å². The lowest BCUT2D eigenvalue weighted by molar-refractivity contribution is 1.03. The lowest BCUT2D eigenvalue weighted by Crippen LogP contribution is -1.90. The second-order valence-corrected chi connectivity index (χ2v) is 5.80. The Labute approximate surface area is 128 Å². The van der Waals surface area contributed by atoms with Crippen molar-refractivity contribution in [3.05, 3.63) is 56.4 Å². The summed E-state index contributed by atoms with van der Waals surface area (Å²) in [5, 5.41) is 0.698. The van der Waals surface area contributed by atoms with E-state index in [1.165, 1.54) is 5.56 Å². The number of halogens is 3. The third-order valence-corrected chi connectivity index (χ3v) is 3.92. The first-order valence-corrected chi connectivity index (χ1v) is 7.12. The number of fused-ring (bicyclic) bond motifs is 1. The van der Waals surface area contributed by atoms with Gasteiger partial charge in [0.05, 0.1) is 10.5 Å². The number of aromatic nitrogens is 3. The first-order valence-electron chi connectivity index (χ1n) is 5.57. The molecular formula is C13H8BrCl2N3. The molecule has 6 heteroatoms. The molecule has 2 aromatic heterocycles. The molecule has 1 aromatic carbocycles. The van der Waals surface area contributed by atoms with Gasteiger partial charge in [-0.25, -0.2) is 9.97 Å². The van der Waals surface area contributed by atoms with Gasteiger partial charge in [-0.2, -0.15) is 0 Å². The zero-order valence-corrected chi connectivity index (χ0v) is 12.7. The number of pyridine rings is 1. The molecule has 0 atom stereocenters. The van der Waals surface area contributed by atoms with Crippen LogP contribution in [0.3, 0.4) is 0 Å². The molecular weight excluding hydrogens is 349 g/mol. The van der Waals surface area contributed by atoms with E-state index in [4.69, 9.17) is 23.2 Å². The van der Waals surface area contributed by atoms with Gasteiger partial charge in [0, 0.05) is 10.9 Å². The normalized spacial score (nSPS) is 11.1. The Hall–Kier alpha value is -1.10. The number of nitrogens with one attached hydrogen (secondary N) is 1. The minimum absolute atomic E-state index is 0.274. The highest BCUT2D eigenvalue weighted by atomic mass is 79.9. The predicted molar refractivity (Wildman–Crippen MR) is 80.9 cm³/mol. The number of benzene rings is 1. The van der Waals surface area contributed by atoms with Crippen LogP contribution in [0, 0.1) is 0 Å². The highest BCUT2D eigenvalue weighted by Gasteiger charge is 2.08. The summed E-state index contributed by atoms with van der Waals surface area (Å²) < 4.78 is 1.06. The van der Waals surface area contributed by atoms with E-state index in [0.717, 1.165) is 15.8 Å². The van der Waals surface area contributed by atoms with Crippen molar-refractivity contribution >= 4 is 50.3 Å². The van der Waals surface area contributed by atoms with Crippen LogP contribution in [0.1, 0.15) is 11.4 Å². The summed E-state index contributed by atoms with van der Waals surface area (Å²) in [5.74, 6) is 0.836. The molecule has 3 nitrogen and oxygen atoms in total. The third-order valence-electron chi connectivity index (χ3n) is 2.72. The number of imidazole rings is 1. The molecule has 0 aliphatic rings. The number of aromatic amines is 1. The molecule has 0 amide bonds. The third kappa shape index (κ3) is 2.76. The highest BCUT2D eigenvalue weighted by Crippen LogP contribution is 2.23. The second-order valence-electron chi connectivity index (χ2n) is 4.12. The van der Waals surface area contributed by atoms with E-state index < -0.39 is 0 Å². The Morgan fingerprint density at radius 1 is 1.11 bits per heavy atom. The van der Waals surface area contributed by atoms with Crippen molar-refractivity contribution in [1.82, 2.24) is 15.0 Å². The quantitative estimate of drug-likeness (QED) is 0.681. The van der Waals surface area contributed by atoms with Gasteiger partial charge in [-0.05, 0) is 23.8 Å². The zero-order valence-electron chi connectivity index (χ0n) is 9.62. The van der Waals surface area contributed by atoms with Crippen LogP contribution >= 0.6 is 39.1 Å². The monoisotopic (exact) mass is 355 g/mol. The van der Waals surface area contributed by atoms with Gasteiger partial charge in [0.1, 0.15) is 11.0 Å². The Bertz CT molecular complexity index is 698. The lowest BCUT2D eigenvalue weighted by atomic mass is 10.1. The van der Waals surface area contributed by atoms with Crippen molar-refractivity contribution in [2.75, 3.05) is 0 Å². The van der Waals surface area contributed by atoms with E-state index in [9.17, 15) is 0 Å².